The lowest BCUT2D eigenvalue weighted by molar-refractivity contribution is -0.122. The molecule has 1 aliphatic carbocycles. The number of carbonyl (C=O) groups is 2. The Bertz CT molecular complexity index is 537. The van der Waals surface area contributed by atoms with Gasteiger partial charge in [0.1, 0.15) is 5.75 Å². The maximum absolute atomic E-state index is 12.1. The van der Waals surface area contributed by atoms with Crippen molar-refractivity contribution in [3.05, 3.63) is 24.3 Å². The highest BCUT2D eigenvalue weighted by Crippen LogP contribution is 2.29. The number of methoxy groups -OCH3 is 1. The largest absolute Gasteiger partial charge is 0.497 e. The zero-order valence-corrected chi connectivity index (χ0v) is 12.2. The van der Waals surface area contributed by atoms with Crippen LogP contribution in [0.4, 0.5) is 5.69 Å². The maximum atomic E-state index is 12.1. The van der Waals surface area contributed by atoms with Gasteiger partial charge >= 0.3 is 0 Å². The van der Waals surface area contributed by atoms with Crippen molar-refractivity contribution in [2.75, 3.05) is 25.1 Å². The molecule has 1 atom stereocenters. The number of rotatable bonds is 5. The molecule has 5 heteroatoms. The van der Waals surface area contributed by atoms with Crippen molar-refractivity contribution in [2.45, 2.75) is 19.3 Å². The molecule has 1 heterocycles. The molecule has 5 nitrogen and oxygen atoms in total. The Morgan fingerprint density at radius 1 is 1.33 bits per heavy atom. The molecule has 1 N–H and O–H groups in total. The summed E-state index contributed by atoms with van der Waals surface area (Å²) in [5, 5.41) is 2.96. The van der Waals surface area contributed by atoms with Crippen molar-refractivity contribution >= 4 is 17.5 Å². The minimum absolute atomic E-state index is 0.117. The zero-order valence-electron chi connectivity index (χ0n) is 12.2. The van der Waals surface area contributed by atoms with E-state index in [1.54, 1.807) is 12.0 Å². The highest BCUT2D eigenvalue weighted by molar-refractivity contribution is 5.95. The predicted molar refractivity (Wildman–Crippen MR) is 79.2 cm³/mol. The first-order valence-electron chi connectivity index (χ1n) is 7.39. The van der Waals surface area contributed by atoms with Crippen molar-refractivity contribution in [1.82, 2.24) is 5.32 Å². The lowest BCUT2D eigenvalue weighted by Gasteiger charge is -2.17. The molecule has 0 unspecified atom stereocenters. The lowest BCUT2D eigenvalue weighted by Crippen LogP contribution is -2.32. The highest BCUT2D eigenvalue weighted by Gasteiger charge is 2.33. The van der Waals surface area contributed by atoms with Gasteiger partial charge in [-0.3, -0.25) is 9.59 Å². The number of hydrogen-bond acceptors (Lipinski definition) is 3. The Morgan fingerprint density at radius 3 is 2.67 bits per heavy atom. The second-order valence-corrected chi connectivity index (χ2v) is 5.79. The van der Waals surface area contributed by atoms with Crippen LogP contribution in [0.5, 0.6) is 5.75 Å². The van der Waals surface area contributed by atoms with Crippen molar-refractivity contribution in [3.8, 4) is 5.75 Å². The van der Waals surface area contributed by atoms with Gasteiger partial charge in [-0.2, -0.15) is 0 Å². The Balaban J connectivity index is 1.57. The summed E-state index contributed by atoms with van der Waals surface area (Å²) in [6, 6.07) is 7.49. The van der Waals surface area contributed by atoms with E-state index in [4.69, 9.17) is 4.74 Å². The third-order valence-electron chi connectivity index (χ3n) is 4.10. The minimum Gasteiger partial charge on any atom is -0.497 e. The van der Waals surface area contributed by atoms with Crippen LogP contribution in [0, 0.1) is 11.8 Å². The van der Waals surface area contributed by atoms with Gasteiger partial charge in [0, 0.05) is 37.0 Å². The second kappa shape index (κ2) is 5.76. The number of benzene rings is 1. The van der Waals surface area contributed by atoms with E-state index in [-0.39, 0.29) is 23.7 Å². The fraction of sp³-hybridized carbons (Fsp3) is 0.500. The number of anilines is 1. The first kappa shape index (κ1) is 13.9. The molecule has 2 amide bonds. The van der Waals surface area contributed by atoms with Crippen LogP contribution in [-0.4, -0.2) is 32.0 Å². The standard InChI is InChI=1S/C16H20N2O3/c1-21-14-6-4-13(5-7-14)18-10-11(8-15(18)19)9-17-16(20)12-2-3-12/h4-7,11-12H,2-3,8-10H2,1H3,(H,17,20)/t11-/m1/s1. The lowest BCUT2D eigenvalue weighted by atomic mass is 10.1. The summed E-state index contributed by atoms with van der Waals surface area (Å²) in [7, 11) is 1.62. The zero-order chi connectivity index (χ0) is 14.8. The molecule has 1 aliphatic heterocycles. The van der Waals surface area contributed by atoms with Gasteiger partial charge in [-0.05, 0) is 37.1 Å². The summed E-state index contributed by atoms with van der Waals surface area (Å²) in [5.41, 5.74) is 0.886. The first-order chi connectivity index (χ1) is 10.2. The third kappa shape index (κ3) is 3.17. The molecule has 0 aromatic heterocycles. The van der Waals surface area contributed by atoms with Gasteiger partial charge in [-0.25, -0.2) is 0 Å². The molecule has 3 rings (SSSR count). The summed E-state index contributed by atoms with van der Waals surface area (Å²) < 4.78 is 5.12. The van der Waals surface area contributed by atoms with Crippen LogP contribution in [0.2, 0.25) is 0 Å². The molecule has 0 radical (unpaired) electrons. The molecule has 112 valence electrons. The fourth-order valence-corrected chi connectivity index (χ4v) is 2.66. The molecule has 0 bridgehead atoms. The van der Waals surface area contributed by atoms with Crippen LogP contribution < -0.4 is 15.0 Å². The average molecular weight is 288 g/mol. The Kier molecular flexibility index (Phi) is 3.82. The van der Waals surface area contributed by atoms with Crippen LogP contribution in [-0.2, 0) is 9.59 Å². The molecule has 2 aliphatic rings. The number of nitrogens with one attached hydrogen (secondary N) is 1. The normalized spacial score (nSPS) is 21.5. The highest BCUT2D eigenvalue weighted by atomic mass is 16.5. The fourth-order valence-electron chi connectivity index (χ4n) is 2.66. The van der Waals surface area contributed by atoms with E-state index >= 15 is 0 Å². The van der Waals surface area contributed by atoms with Gasteiger partial charge in [-0.1, -0.05) is 0 Å². The van der Waals surface area contributed by atoms with Gasteiger partial charge in [0.15, 0.2) is 0 Å². The van der Waals surface area contributed by atoms with E-state index in [9.17, 15) is 9.59 Å². The van der Waals surface area contributed by atoms with Gasteiger partial charge in [0.05, 0.1) is 7.11 Å². The van der Waals surface area contributed by atoms with Crippen LogP contribution in [0.15, 0.2) is 24.3 Å². The van der Waals surface area contributed by atoms with Gasteiger partial charge < -0.3 is 15.0 Å². The number of ether oxygens (including phenoxy) is 1. The van der Waals surface area contributed by atoms with Gasteiger partial charge in [-0.15, -0.1) is 0 Å². The molecule has 1 aromatic carbocycles. The van der Waals surface area contributed by atoms with E-state index in [1.807, 2.05) is 24.3 Å². The summed E-state index contributed by atoms with van der Waals surface area (Å²) in [6.07, 6.45) is 2.51. The van der Waals surface area contributed by atoms with Crippen molar-refractivity contribution < 1.29 is 14.3 Å². The topological polar surface area (TPSA) is 58.6 Å². The molecule has 21 heavy (non-hydrogen) atoms. The molecule has 1 saturated carbocycles. The van der Waals surface area contributed by atoms with Gasteiger partial charge in [0.25, 0.3) is 0 Å². The molecule has 1 saturated heterocycles. The van der Waals surface area contributed by atoms with Crippen LogP contribution >= 0.6 is 0 Å². The molecule has 0 spiro atoms. The monoisotopic (exact) mass is 288 g/mol. The molecular formula is C16H20N2O3. The van der Waals surface area contributed by atoms with Crippen LogP contribution in [0.3, 0.4) is 0 Å². The number of carbonyl (C=O) groups excluding carboxylic acids is 2. The van der Waals surface area contributed by atoms with E-state index in [1.165, 1.54) is 0 Å². The van der Waals surface area contributed by atoms with Crippen molar-refractivity contribution in [2.24, 2.45) is 11.8 Å². The Labute approximate surface area is 124 Å². The van der Waals surface area contributed by atoms with Gasteiger partial charge in [0.2, 0.25) is 11.8 Å². The smallest absolute Gasteiger partial charge is 0.227 e. The minimum atomic E-state index is 0.117. The van der Waals surface area contributed by atoms with E-state index < -0.39 is 0 Å². The predicted octanol–water partition coefficient (Wildman–Crippen LogP) is 1.57. The molecule has 1 aromatic rings. The number of nitrogens with zero attached hydrogens (tertiary/aromatic N) is 1. The number of amides is 2. The Morgan fingerprint density at radius 2 is 2.05 bits per heavy atom. The molecular weight excluding hydrogens is 268 g/mol. The quantitative estimate of drug-likeness (QED) is 0.895. The first-order valence-corrected chi connectivity index (χ1v) is 7.39. The third-order valence-corrected chi connectivity index (χ3v) is 4.10. The van der Waals surface area contributed by atoms with Crippen LogP contribution in [0.25, 0.3) is 0 Å². The second-order valence-electron chi connectivity index (χ2n) is 5.79. The maximum Gasteiger partial charge on any atom is 0.227 e. The van der Waals surface area contributed by atoms with E-state index in [2.05, 4.69) is 5.32 Å². The van der Waals surface area contributed by atoms with E-state index in [0.29, 0.717) is 19.5 Å². The summed E-state index contributed by atoms with van der Waals surface area (Å²) in [6.45, 7) is 1.25. The number of hydrogen-bond donors (Lipinski definition) is 1. The average Bonchev–Trinajstić information content (AvgIpc) is 3.29. The Hall–Kier alpha value is -2.04. The SMILES string of the molecule is COc1ccc(N2C[C@@H](CNC(=O)C3CC3)CC2=O)cc1. The van der Waals surface area contributed by atoms with Crippen LogP contribution in [0.1, 0.15) is 19.3 Å². The van der Waals surface area contributed by atoms with Crippen molar-refractivity contribution in [3.63, 3.8) is 0 Å². The van der Waals surface area contributed by atoms with E-state index in [0.717, 1.165) is 24.3 Å². The summed E-state index contributed by atoms with van der Waals surface area (Å²) in [5.74, 6) is 1.46. The molecule has 2 fully saturated rings. The summed E-state index contributed by atoms with van der Waals surface area (Å²) >= 11 is 0. The summed E-state index contributed by atoms with van der Waals surface area (Å²) in [4.78, 5) is 25.5. The van der Waals surface area contributed by atoms with Crippen molar-refractivity contribution in [1.29, 1.82) is 0 Å².